The molecule has 0 spiro atoms. The van der Waals surface area contributed by atoms with E-state index in [4.69, 9.17) is 18.6 Å². The van der Waals surface area contributed by atoms with Gasteiger partial charge in [0.25, 0.3) is 0 Å². The van der Waals surface area contributed by atoms with E-state index in [0.29, 0.717) is 36.0 Å². The first-order chi connectivity index (χ1) is 14.6. The van der Waals surface area contributed by atoms with Gasteiger partial charge in [-0.25, -0.2) is 5.43 Å². The molecule has 0 saturated heterocycles. The predicted molar refractivity (Wildman–Crippen MR) is 119 cm³/mol. The lowest BCUT2D eigenvalue weighted by molar-refractivity contribution is 0.0929. The molecule has 0 aliphatic carbocycles. The van der Waals surface area contributed by atoms with Crippen LogP contribution in [0.1, 0.15) is 36.4 Å². The van der Waals surface area contributed by atoms with Crippen molar-refractivity contribution in [2.24, 2.45) is 5.10 Å². The summed E-state index contributed by atoms with van der Waals surface area (Å²) in [7, 11) is 1.55. The summed E-state index contributed by atoms with van der Waals surface area (Å²) in [5.74, 6) is 1.50. The van der Waals surface area contributed by atoms with E-state index in [-0.39, 0.29) is 5.76 Å². The Hall–Kier alpha value is -3.00. The van der Waals surface area contributed by atoms with Crippen LogP contribution in [0.25, 0.3) is 11.0 Å². The average molecular weight is 475 g/mol. The monoisotopic (exact) mass is 474 g/mol. The molecule has 0 aliphatic heterocycles. The third-order valence-corrected chi connectivity index (χ3v) is 4.70. The largest absolute Gasteiger partial charge is 0.493 e. The van der Waals surface area contributed by atoms with Gasteiger partial charge in [-0.3, -0.25) is 4.79 Å². The van der Waals surface area contributed by atoms with Gasteiger partial charge in [0.05, 0.1) is 31.0 Å². The number of amides is 1. The van der Waals surface area contributed by atoms with E-state index in [1.54, 1.807) is 25.3 Å². The summed E-state index contributed by atoms with van der Waals surface area (Å²) in [6, 6.07) is 10.7. The highest BCUT2D eigenvalue weighted by Gasteiger charge is 2.15. The number of para-hydroxylation sites is 1. The standard InChI is InChI=1S/C22H23BrN2O5/c1-4-9-29-21-16(23)10-14(11-18(21)28-5-2)13-24-25-22(26)19-12-15-7-6-8-17(27-3)20(15)30-19/h6-8,10-13H,4-5,9H2,1-3H3,(H,25,26)/b24-13-. The molecule has 0 radical (unpaired) electrons. The molecule has 2 aromatic carbocycles. The molecule has 3 rings (SSSR count). The molecule has 30 heavy (non-hydrogen) atoms. The molecule has 8 heteroatoms. The van der Waals surface area contributed by atoms with Crippen molar-refractivity contribution in [1.82, 2.24) is 5.43 Å². The van der Waals surface area contributed by atoms with Gasteiger partial charge in [-0.05, 0) is 59.1 Å². The lowest BCUT2D eigenvalue weighted by Gasteiger charge is -2.14. The van der Waals surface area contributed by atoms with E-state index in [2.05, 4.69) is 26.5 Å². The Morgan fingerprint density at radius 1 is 1.20 bits per heavy atom. The summed E-state index contributed by atoms with van der Waals surface area (Å²) in [5.41, 5.74) is 3.73. The van der Waals surface area contributed by atoms with Crippen LogP contribution >= 0.6 is 15.9 Å². The number of furan rings is 1. The Morgan fingerprint density at radius 2 is 2.03 bits per heavy atom. The van der Waals surface area contributed by atoms with Gasteiger partial charge >= 0.3 is 5.91 Å². The van der Waals surface area contributed by atoms with Crippen molar-refractivity contribution < 1.29 is 23.4 Å². The number of fused-ring (bicyclic) bond motifs is 1. The Bertz CT molecular complexity index is 1060. The highest BCUT2D eigenvalue weighted by atomic mass is 79.9. The number of hydrazone groups is 1. The second kappa shape index (κ2) is 10.2. The quantitative estimate of drug-likeness (QED) is 0.342. The molecular weight excluding hydrogens is 452 g/mol. The van der Waals surface area contributed by atoms with Crippen molar-refractivity contribution in [3.63, 3.8) is 0 Å². The fraction of sp³-hybridized carbons (Fsp3) is 0.273. The van der Waals surface area contributed by atoms with Crippen molar-refractivity contribution in [2.75, 3.05) is 20.3 Å². The van der Waals surface area contributed by atoms with Crippen molar-refractivity contribution in [1.29, 1.82) is 0 Å². The Labute approximate surface area is 183 Å². The fourth-order valence-corrected chi connectivity index (χ4v) is 3.37. The predicted octanol–water partition coefficient (Wildman–Crippen LogP) is 5.16. The molecule has 0 aliphatic rings. The van der Waals surface area contributed by atoms with E-state index in [0.717, 1.165) is 21.8 Å². The van der Waals surface area contributed by atoms with Gasteiger partial charge in [0.15, 0.2) is 28.6 Å². The van der Waals surface area contributed by atoms with Gasteiger partial charge in [-0.1, -0.05) is 19.1 Å². The summed E-state index contributed by atoms with van der Waals surface area (Å²) >= 11 is 3.51. The Morgan fingerprint density at radius 3 is 2.77 bits per heavy atom. The van der Waals surface area contributed by atoms with Crippen LogP contribution in [0.15, 0.2) is 50.4 Å². The molecule has 1 aromatic heterocycles. The molecule has 7 nitrogen and oxygen atoms in total. The van der Waals surface area contributed by atoms with Gasteiger partial charge in [0.2, 0.25) is 0 Å². The molecule has 0 unspecified atom stereocenters. The summed E-state index contributed by atoms with van der Waals surface area (Å²) < 4.78 is 23.1. The minimum atomic E-state index is -0.462. The van der Waals surface area contributed by atoms with Gasteiger partial charge in [-0.15, -0.1) is 0 Å². The maximum Gasteiger partial charge on any atom is 0.307 e. The number of carbonyl (C=O) groups is 1. The van der Waals surface area contributed by atoms with E-state index < -0.39 is 5.91 Å². The van der Waals surface area contributed by atoms with Crippen LogP contribution in [0, 0.1) is 0 Å². The van der Waals surface area contributed by atoms with Crippen LogP contribution in [0.4, 0.5) is 0 Å². The molecule has 0 saturated carbocycles. The fourth-order valence-electron chi connectivity index (χ4n) is 2.80. The lowest BCUT2D eigenvalue weighted by Crippen LogP contribution is -2.16. The zero-order valence-electron chi connectivity index (χ0n) is 17.0. The van der Waals surface area contributed by atoms with Crippen molar-refractivity contribution >= 4 is 39.0 Å². The first-order valence-corrected chi connectivity index (χ1v) is 10.4. The minimum absolute atomic E-state index is 0.145. The highest BCUT2D eigenvalue weighted by Crippen LogP contribution is 2.36. The zero-order valence-corrected chi connectivity index (χ0v) is 18.6. The number of halogens is 1. The molecule has 1 amide bonds. The van der Waals surface area contributed by atoms with E-state index in [9.17, 15) is 4.79 Å². The van der Waals surface area contributed by atoms with Gasteiger partial charge in [0.1, 0.15) is 0 Å². The van der Waals surface area contributed by atoms with Crippen LogP contribution < -0.4 is 19.6 Å². The smallest absolute Gasteiger partial charge is 0.307 e. The molecule has 158 valence electrons. The summed E-state index contributed by atoms with van der Waals surface area (Å²) in [5, 5.41) is 4.81. The van der Waals surface area contributed by atoms with Gasteiger partial charge in [-0.2, -0.15) is 5.10 Å². The molecular formula is C22H23BrN2O5. The maximum absolute atomic E-state index is 12.4. The summed E-state index contributed by atoms with van der Waals surface area (Å²) in [6.07, 6.45) is 2.42. The summed E-state index contributed by atoms with van der Waals surface area (Å²) in [4.78, 5) is 12.4. The van der Waals surface area contributed by atoms with Gasteiger partial charge < -0.3 is 18.6 Å². The zero-order chi connectivity index (χ0) is 21.5. The number of rotatable bonds is 9. The number of nitrogens with one attached hydrogen (secondary N) is 1. The van der Waals surface area contributed by atoms with Crippen LogP contribution in [-0.4, -0.2) is 32.4 Å². The number of methoxy groups -OCH3 is 1. The van der Waals surface area contributed by atoms with Crippen molar-refractivity contribution in [3.8, 4) is 17.2 Å². The second-order valence-electron chi connectivity index (χ2n) is 6.30. The topological polar surface area (TPSA) is 82.3 Å². The normalized spacial score (nSPS) is 11.1. The number of hydrogen-bond donors (Lipinski definition) is 1. The second-order valence-corrected chi connectivity index (χ2v) is 7.15. The third kappa shape index (κ3) is 4.94. The van der Waals surface area contributed by atoms with Gasteiger partial charge in [0, 0.05) is 5.39 Å². The molecule has 0 fully saturated rings. The van der Waals surface area contributed by atoms with Crippen molar-refractivity contribution in [3.05, 3.63) is 52.2 Å². The van der Waals surface area contributed by atoms with Crippen molar-refractivity contribution in [2.45, 2.75) is 20.3 Å². The number of hydrogen-bond acceptors (Lipinski definition) is 6. The van der Waals surface area contributed by atoms with E-state index in [1.807, 2.05) is 32.0 Å². The molecule has 1 heterocycles. The van der Waals surface area contributed by atoms with E-state index in [1.165, 1.54) is 6.21 Å². The Balaban J connectivity index is 1.75. The molecule has 1 N–H and O–H groups in total. The lowest BCUT2D eigenvalue weighted by atomic mass is 10.2. The molecule has 0 atom stereocenters. The maximum atomic E-state index is 12.4. The summed E-state index contributed by atoms with van der Waals surface area (Å²) in [6.45, 7) is 5.03. The first kappa shape index (κ1) is 21.7. The average Bonchev–Trinajstić information content (AvgIpc) is 3.18. The Kier molecular flexibility index (Phi) is 7.35. The third-order valence-electron chi connectivity index (χ3n) is 4.11. The number of carbonyl (C=O) groups excluding carboxylic acids is 1. The van der Waals surface area contributed by atoms with Crippen LogP contribution in [-0.2, 0) is 0 Å². The van der Waals surface area contributed by atoms with Crippen LogP contribution in [0.3, 0.4) is 0 Å². The van der Waals surface area contributed by atoms with E-state index >= 15 is 0 Å². The van der Waals surface area contributed by atoms with Crippen LogP contribution in [0.5, 0.6) is 17.2 Å². The van der Waals surface area contributed by atoms with Crippen LogP contribution in [0.2, 0.25) is 0 Å². The number of ether oxygens (including phenoxy) is 3. The highest BCUT2D eigenvalue weighted by molar-refractivity contribution is 9.10. The number of nitrogens with zero attached hydrogens (tertiary/aromatic N) is 1. The SMILES string of the molecule is CCCOc1c(Br)cc(/C=N\NC(=O)c2cc3cccc(OC)c3o2)cc1OCC. The first-order valence-electron chi connectivity index (χ1n) is 9.56. The minimum Gasteiger partial charge on any atom is -0.493 e. The molecule has 0 bridgehead atoms. The number of benzene rings is 2. The molecule has 3 aromatic rings.